The first-order chi connectivity index (χ1) is 7.53. The monoisotopic (exact) mass is 263 g/mol. The van der Waals surface area contributed by atoms with Crippen LogP contribution in [0.4, 0.5) is 0 Å². The maximum absolute atomic E-state index is 11.8. The molecule has 0 aromatic carbocycles. The van der Waals surface area contributed by atoms with Gasteiger partial charge in [-0.05, 0) is 50.5 Å². The maximum Gasteiger partial charge on any atom is 0.220 e. The Morgan fingerprint density at radius 2 is 2.06 bits per heavy atom. The highest BCUT2D eigenvalue weighted by molar-refractivity contribution is 7.99. The molecule has 1 rings (SSSR count). The minimum absolute atomic E-state index is 0.164. The van der Waals surface area contributed by atoms with E-state index in [9.17, 15) is 4.79 Å². The summed E-state index contributed by atoms with van der Waals surface area (Å²) in [6.45, 7) is 4.06. The Hall–Kier alpha value is 0.110. The highest BCUT2D eigenvalue weighted by Crippen LogP contribution is 2.25. The first kappa shape index (κ1) is 14.2. The predicted octanol–water partition coefficient (Wildman–Crippen LogP) is 3.04. The number of hydrogen-bond donors (Lipinski definition) is 1. The van der Waals surface area contributed by atoms with Gasteiger partial charge in [0.05, 0.1) is 0 Å². The summed E-state index contributed by atoms with van der Waals surface area (Å²) in [5.74, 6) is 3.79. The summed E-state index contributed by atoms with van der Waals surface area (Å²) in [5.41, 5.74) is -0.164. The second-order valence-electron chi connectivity index (χ2n) is 5.13. The van der Waals surface area contributed by atoms with E-state index in [2.05, 4.69) is 5.32 Å². The number of rotatable bonds is 5. The lowest BCUT2D eigenvalue weighted by Gasteiger charge is -2.27. The molecule has 0 bridgehead atoms. The summed E-state index contributed by atoms with van der Waals surface area (Å²) >= 11 is 7.71. The van der Waals surface area contributed by atoms with Crippen LogP contribution in [0.25, 0.3) is 0 Å². The second kappa shape index (κ2) is 6.75. The molecule has 0 aliphatic carbocycles. The van der Waals surface area contributed by atoms with E-state index in [1.165, 1.54) is 24.3 Å². The van der Waals surface area contributed by atoms with Gasteiger partial charge in [-0.15, -0.1) is 11.6 Å². The van der Waals surface area contributed by atoms with E-state index in [4.69, 9.17) is 11.6 Å². The molecule has 16 heavy (non-hydrogen) atoms. The number of nitrogens with one attached hydrogen (secondary N) is 1. The topological polar surface area (TPSA) is 29.1 Å². The third kappa shape index (κ3) is 5.44. The van der Waals surface area contributed by atoms with Gasteiger partial charge in [-0.3, -0.25) is 4.79 Å². The van der Waals surface area contributed by atoms with Gasteiger partial charge in [0, 0.05) is 17.8 Å². The summed E-state index contributed by atoms with van der Waals surface area (Å²) < 4.78 is 0. The lowest BCUT2D eigenvalue weighted by atomic mass is 9.96. The van der Waals surface area contributed by atoms with Crippen LogP contribution in [-0.2, 0) is 4.79 Å². The maximum atomic E-state index is 11.8. The molecule has 0 aromatic heterocycles. The fraction of sp³-hybridized carbons (Fsp3) is 0.917. The molecule has 1 fully saturated rings. The molecule has 0 radical (unpaired) electrons. The van der Waals surface area contributed by atoms with E-state index in [1.54, 1.807) is 0 Å². The number of carbonyl (C=O) groups is 1. The quantitative estimate of drug-likeness (QED) is 0.773. The summed E-state index contributed by atoms with van der Waals surface area (Å²) in [4.78, 5) is 11.8. The van der Waals surface area contributed by atoms with Crippen LogP contribution in [0, 0.1) is 5.92 Å². The van der Waals surface area contributed by atoms with Crippen LogP contribution >= 0.6 is 23.4 Å². The van der Waals surface area contributed by atoms with Crippen LogP contribution in [-0.4, -0.2) is 28.8 Å². The minimum atomic E-state index is -0.164. The van der Waals surface area contributed by atoms with Crippen molar-refractivity contribution in [2.24, 2.45) is 5.92 Å². The zero-order chi connectivity index (χ0) is 12.0. The van der Waals surface area contributed by atoms with Crippen LogP contribution in [0.3, 0.4) is 0 Å². The third-order valence-electron chi connectivity index (χ3n) is 3.01. The van der Waals surface area contributed by atoms with Gasteiger partial charge >= 0.3 is 0 Å². The first-order valence-corrected chi connectivity index (χ1v) is 7.67. The Kier molecular flexibility index (Phi) is 5.98. The van der Waals surface area contributed by atoms with E-state index in [0.717, 1.165) is 6.42 Å². The van der Waals surface area contributed by atoms with Gasteiger partial charge in [-0.2, -0.15) is 11.8 Å². The molecule has 0 unspecified atom stereocenters. The highest BCUT2D eigenvalue weighted by atomic mass is 35.5. The number of carbonyl (C=O) groups excluding carboxylic acids is 1. The SMILES string of the molecule is CC(C)(CCCl)NC(=O)CC1CCSCC1. The second-order valence-corrected chi connectivity index (χ2v) is 6.73. The van der Waals surface area contributed by atoms with Crippen LogP contribution in [0.5, 0.6) is 0 Å². The van der Waals surface area contributed by atoms with Crippen LogP contribution in [0.2, 0.25) is 0 Å². The molecule has 1 N–H and O–H groups in total. The van der Waals surface area contributed by atoms with Crippen molar-refractivity contribution in [2.75, 3.05) is 17.4 Å². The molecule has 2 nitrogen and oxygen atoms in total. The van der Waals surface area contributed by atoms with Crippen molar-refractivity contribution in [3.05, 3.63) is 0 Å². The number of halogens is 1. The molecule has 0 atom stereocenters. The molecule has 1 heterocycles. The molecule has 1 saturated heterocycles. The largest absolute Gasteiger partial charge is 0.351 e. The van der Waals surface area contributed by atoms with Gasteiger partial charge in [-0.25, -0.2) is 0 Å². The van der Waals surface area contributed by atoms with Crippen molar-refractivity contribution in [1.29, 1.82) is 0 Å². The Labute approximate surface area is 108 Å². The predicted molar refractivity (Wildman–Crippen MR) is 72.2 cm³/mol. The van der Waals surface area contributed by atoms with Crippen molar-refractivity contribution in [1.82, 2.24) is 5.32 Å². The molecule has 0 aromatic rings. The number of amides is 1. The van der Waals surface area contributed by atoms with Crippen molar-refractivity contribution in [3.8, 4) is 0 Å². The van der Waals surface area contributed by atoms with Gasteiger partial charge < -0.3 is 5.32 Å². The Morgan fingerprint density at radius 3 is 2.62 bits per heavy atom. The van der Waals surface area contributed by atoms with Gasteiger partial charge in [0.2, 0.25) is 5.91 Å². The molecule has 1 amide bonds. The number of thioether (sulfide) groups is 1. The van der Waals surface area contributed by atoms with Crippen LogP contribution in [0.1, 0.15) is 39.5 Å². The third-order valence-corrected chi connectivity index (χ3v) is 4.25. The standard InChI is InChI=1S/C12H22ClNOS/c1-12(2,5-6-13)14-11(15)9-10-3-7-16-8-4-10/h10H,3-9H2,1-2H3,(H,14,15). The molecule has 4 heteroatoms. The molecule has 1 aliphatic heterocycles. The van der Waals surface area contributed by atoms with Crippen molar-refractivity contribution < 1.29 is 4.79 Å². The van der Waals surface area contributed by atoms with E-state index in [0.29, 0.717) is 18.2 Å². The van der Waals surface area contributed by atoms with Gasteiger partial charge in [0.15, 0.2) is 0 Å². The Morgan fingerprint density at radius 1 is 1.44 bits per heavy atom. The van der Waals surface area contributed by atoms with Gasteiger partial charge in [0.25, 0.3) is 0 Å². The van der Waals surface area contributed by atoms with E-state index >= 15 is 0 Å². The van der Waals surface area contributed by atoms with E-state index < -0.39 is 0 Å². The zero-order valence-electron chi connectivity index (χ0n) is 10.2. The molecule has 0 spiro atoms. The van der Waals surface area contributed by atoms with Crippen molar-refractivity contribution in [2.45, 2.75) is 45.1 Å². The van der Waals surface area contributed by atoms with E-state index in [-0.39, 0.29) is 11.4 Å². The van der Waals surface area contributed by atoms with E-state index in [1.807, 2.05) is 25.6 Å². The average Bonchev–Trinajstić information content (AvgIpc) is 2.17. The summed E-state index contributed by atoms with van der Waals surface area (Å²) in [6, 6.07) is 0. The Bertz CT molecular complexity index is 227. The zero-order valence-corrected chi connectivity index (χ0v) is 11.8. The molecular weight excluding hydrogens is 242 g/mol. The lowest BCUT2D eigenvalue weighted by molar-refractivity contribution is -0.123. The highest BCUT2D eigenvalue weighted by Gasteiger charge is 2.22. The van der Waals surface area contributed by atoms with Gasteiger partial charge in [-0.1, -0.05) is 0 Å². The van der Waals surface area contributed by atoms with Crippen molar-refractivity contribution in [3.63, 3.8) is 0 Å². The normalized spacial score (nSPS) is 18.4. The molecule has 94 valence electrons. The summed E-state index contributed by atoms with van der Waals surface area (Å²) in [6.07, 6.45) is 3.88. The summed E-state index contributed by atoms with van der Waals surface area (Å²) in [5, 5.41) is 3.07. The van der Waals surface area contributed by atoms with Crippen LogP contribution in [0.15, 0.2) is 0 Å². The molecule has 0 saturated carbocycles. The van der Waals surface area contributed by atoms with Crippen LogP contribution < -0.4 is 5.32 Å². The smallest absolute Gasteiger partial charge is 0.220 e. The molecular formula is C12H22ClNOS. The number of alkyl halides is 1. The lowest BCUT2D eigenvalue weighted by Crippen LogP contribution is -2.44. The van der Waals surface area contributed by atoms with Crippen molar-refractivity contribution >= 4 is 29.3 Å². The van der Waals surface area contributed by atoms with Gasteiger partial charge in [0.1, 0.15) is 0 Å². The first-order valence-electron chi connectivity index (χ1n) is 5.98. The summed E-state index contributed by atoms with van der Waals surface area (Å²) in [7, 11) is 0. The number of hydrogen-bond acceptors (Lipinski definition) is 2. The average molecular weight is 264 g/mol. The Balaban J connectivity index is 2.28. The fourth-order valence-corrected chi connectivity index (χ4v) is 3.62. The molecule has 1 aliphatic rings. The minimum Gasteiger partial charge on any atom is -0.351 e. The fourth-order valence-electron chi connectivity index (χ4n) is 1.94.